The van der Waals surface area contributed by atoms with Crippen molar-refractivity contribution in [2.24, 2.45) is 0 Å². The van der Waals surface area contributed by atoms with Gasteiger partial charge in [-0.15, -0.1) is 0 Å². The summed E-state index contributed by atoms with van der Waals surface area (Å²) in [5.41, 5.74) is 1.01. The van der Waals surface area contributed by atoms with E-state index in [1.165, 1.54) is 4.90 Å². The molecule has 1 saturated heterocycles. The van der Waals surface area contributed by atoms with Crippen molar-refractivity contribution in [3.05, 3.63) is 76.3 Å². The SMILES string of the molecule is O=C(O)CCCN1C(=O)C(=O)/C(=C(/O)c2ccccc2)[C@H]1c1ccc(Cl)cc1. The van der Waals surface area contributed by atoms with Crippen LogP contribution in [-0.4, -0.2) is 39.3 Å². The van der Waals surface area contributed by atoms with Crippen LogP contribution >= 0.6 is 11.6 Å². The van der Waals surface area contributed by atoms with Gasteiger partial charge in [0, 0.05) is 23.6 Å². The molecule has 0 bridgehead atoms. The fraction of sp³-hybridized carbons (Fsp3) is 0.190. The van der Waals surface area contributed by atoms with E-state index >= 15 is 0 Å². The largest absolute Gasteiger partial charge is 0.507 e. The minimum absolute atomic E-state index is 0.0196. The first kappa shape index (κ1) is 19.6. The number of aliphatic hydroxyl groups excluding tert-OH is 1. The molecule has 0 unspecified atom stereocenters. The zero-order valence-corrected chi connectivity index (χ0v) is 15.6. The van der Waals surface area contributed by atoms with Crippen LogP contribution in [0.4, 0.5) is 0 Å². The normalized spacial score (nSPS) is 18.5. The molecule has 0 saturated carbocycles. The summed E-state index contributed by atoms with van der Waals surface area (Å²) in [5.74, 6) is -2.80. The van der Waals surface area contributed by atoms with Crippen LogP contribution in [0.25, 0.3) is 5.76 Å². The van der Waals surface area contributed by atoms with Crippen LogP contribution in [0.15, 0.2) is 60.2 Å². The average Bonchev–Trinajstić information content (AvgIpc) is 2.93. The van der Waals surface area contributed by atoms with E-state index in [1.54, 1.807) is 54.6 Å². The molecule has 1 aliphatic rings. The number of aliphatic hydroxyl groups is 1. The van der Waals surface area contributed by atoms with Gasteiger partial charge in [0.25, 0.3) is 11.7 Å². The van der Waals surface area contributed by atoms with Gasteiger partial charge in [-0.3, -0.25) is 14.4 Å². The van der Waals surface area contributed by atoms with Gasteiger partial charge >= 0.3 is 5.97 Å². The lowest BCUT2D eigenvalue weighted by atomic mass is 9.95. The Labute approximate surface area is 166 Å². The van der Waals surface area contributed by atoms with Crippen LogP contribution in [0.2, 0.25) is 5.02 Å². The summed E-state index contributed by atoms with van der Waals surface area (Å²) in [6, 6.07) is 14.3. The molecule has 6 nitrogen and oxygen atoms in total. The number of Topliss-reactive ketones (excluding diaryl/α,β-unsaturated/α-hetero) is 1. The van der Waals surface area contributed by atoms with Crippen molar-refractivity contribution in [1.82, 2.24) is 4.90 Å². The van der Waals surface area contributed by atoms with Crippen molar-refractivity contribution in [2.45, 2.75) is 18.9 Å². The third-order valence-corrected chi connectivity index (χ3v) is 4.81. The molecule has 0 spiro atoms. The molecule has 1 aliphatic heterocycles. The fourth-order valence-electron chi connectivity index (χ4n) is 3.25. The van der Waals surface area contributed by atoms with Crippen molar-refractivity contribution in [3.8, 4) is 0 Å². The highest BCUT2D eigenvalue weighted by atomic mass is 35.5. The van der Waals surface area contributed by atoms with Crippen LogP contribution in [0.1, 0.15) is 30.0 Å². The smallest absolute Gasteiger partial charge is 0.303 e. The number of amides is 1. The third kappa shape index (κ3) is 3.92. The first-order valence-corrected chi connectivity index (χ1v) is 9.09. The van der Waals surface area contributed by atoms with E-state index in [9.17, 15) is 19.5 Å². The standard InChI is InChI=1S/C21H18ClNO5/c22-15-10-8-13(9-11-15)18-17(19(26)14-5-2-1-3-6-14)20(27)21(28)23(18)12-4-7-16(24)25/h1-3,5-6,8-11,18,26H,4,7,12H2,(H,24,25)/b19-17+/t18-/m1/s1. The zero-order valence-electron chi connectivity index (χ0n) is 14.8. The minimum atomic E-state index is -0.982. The number of aliphatic carboxylic acids is 1. The average molecular weight is 400 g/mol. The molecule has 0 aromatic heterocycles. The predicted molar refractivity (Wildman–Crippen MR) is 104 cm³/mol. The van der Waals surface area contributed by atoms with Gasteiger partial charge in [-0.25, -0.2) is 0 Å². The quantitative estimate of drug-likeness (QED) is 0.439. The van der Waals surface area contributed by atoms with Gasteiger partial charge < -0.3 is 15.1 Å². The number of benzene rings is 2. The summed E-state index contributed by atoms with van der Waals surface area (Å²) >= 11 is 5.95. The summed E-state index contributed by atoms with van der Waals surface area (Å²) in [4.78, 5) is 37.5. The summed E-state index contributed by atoms with van der Waals surface area (Å²) in [7, 11) is 0. The van der Waals surface area contributed by atoms with Crippen LogP contribution in [0, 0.1) is 0 Å². The first-order chi connectivity index (χ1) is 13.4. The van der Waals surface area contributed by atoms with E-state index in [1.807, 2.05) is 0 Å². The number of hydrogen-bond donors (Lipinski definition) is 2. The summed E-state index contributed by atoms with van der Waals surface area (Å²) in [5, 5.41) is 20.2. The second kappa shape index (κ2) is 8.27. The molecule has 144 valence electrons. The lowest BCUT2D eigenvalue weighted by Crippen LogP contribution is -2.31. The van der Waals surface area contributed by atoms with Gasteiger partial charge in [0.05, 0.1) is 11.6 Å². The van der Waals surface area contributed by atoms with Crippen molar-refractivity contribution in [3.63, 3.8) is 0 Å². The van der Waals surface area contributed by atoms with E-state index in [0.717, 1.165) is 0 Å². The number of ketones is 1. The Morgan fingerprint density at radius 1 is 1.00 bits per heavy atom. The summed E-state index contributed by atoms with van der Waals surface area (Å²) in [6.45, 7) is 0.0791. The minimum Gasteiger partial charge on any atom is -0.507 e. The lowest BCUT2D eigenvalue weighted by molar-refractivity contribution is -0.140. The van der Waals surface area contributed by atoms with Gasteiger partial charge in [-0.1, -0.05) is 54.1 Å². The molecule has 7 heteroatoms. The number of nitrogens with zero attached hydrogens (tertiary/aromatic N) is 1. The molecule has 0 aliphatic carbocycles. The maximum Gasteiger partial charge on any atom is 0.303 e. The lowest BCUT2D eigenvalue weighted by Gasteiger charge is -2.25. The van der Waals surface area contributed by atoms with Crippen molar-refractivity contribution in [2.75, 3.05) is 6.54 Å². The highest BCUT2D eigenvalue weighted by Crippen LogP contribution is 2.39. The molecule has 2 aromatic rings. The zero-order chi connectivity index (χ0) is 20.3. The maximum atomic E-state index is 12.7. The molecule has 1 fully saturated rings. The Morgan fingerprint density at radius 3 is 2.25 bits per heavy atom. The maximum absolute atomic E-state index is 12.7. The van der Waals surface area contributed by atoms with Gasteiger partial charge in [0.2, 0.25) is 0 Å². The molecule has 0 radical (unpaired) electrons. The molecule has 28 heavy (non-hydrogen) atoms. The van der Waals surface area contributed by atoms with Gasteiger partial charge in [-0.05, 0) is 24.1 Å². The van der Waals surface area contributed by atoms with E-state index < -0.39 is 23.7 Å². The fourth-order valence-corrected chi connectivity index (χ4v) is 3.38. The molecule has 2 N–H and O–H groups in total. The second-order valence-corrected chi connectivity index (χ2v) is 6.84. The van der Waals surface area contributed by atoms with Crippen LogP contribution in [0.5, 0.6) is 0 Å². The number of carbonyl (C=O) groups is 3. The second-order valence-electron chi connectivity index (χ2n) is 6.41. The van der Waals surface area contributed by atoms with E-state index in [4.69, 9.17) is 16.7 Å². The summed E-state index contributed by atoms with van der Waals surface area (Å²) in [6.07, 6.45) is 0.0623. The van der Waals surface area contributed by atoms with Gasteiger partial charge in [0.1, 0.15) is 5.76 Å². The summed E-state index contributed by atoms with van der Waals surface area (Å²) < 4.78 is 0. The topological polar surface area (TPSA) is 94.9 Å². The molecular formula is C21H18ClNO5. The molecule has 1 atom stereocenters. The number of rotatable bonds is 6. The molecule has 1 heterocycles. The van der Waals surface area contributed by atoms with Crippen molar-refractivity contribution < 1.29 is 24.6 Å². The molecule has 1 amide bonds. The van der Waals surface area contributed by atoms with Crippen LogP contribution < -0.4 is 0 Å². The van der Waals surface area contributed by atoms with Crippen LogP contribution in [0.3, 0.4) is 0 Å². The molecule has 2 aromatic carbocycles. The predicted octanol–water partition coefficient (Wildman–Crippen LogP) is 3.63. The number of carboxylic acids is 1. The molecular weight excluding hydrogens is 382 g/mol. The molecule has 3 rings (SSSR count). The van der Waals surface area contributed by atoms with Crippen molar-refractivity contribution in [1.29, 1.82) is 0 Å². The van der Waals surface area contributed by atoms with E-state index in [-0.39, 0.29) is 30.7 Å². The van der Waals surface area contributed by atoms with Gasteiger partial charge in [0.15, 0.2) is 0 Å². The van der Waals surface area contributed by atoms with Gasteiger partial charge in [-0.2, -0.15) is 0 Å². The monoisotopic (exact) mass is 399 g/mol. The number of likely N-dealkylation sites (tertiary alicyclic amines) is 1. The Balaban J connectivity index is 2.08. The Bertz CT molecular complexity index is 937. The van der Waals surface area contributed by atoms with E-state index in [2.05, 4.69) is 0 Å². The number of halogens is 1. The first-order valence-electron chi connectivity index (χ1n) is 8.71. The number of hydrogen-bond acceptors (Lipinski definition) is 4. The van der Waals surface area contributed by atoms with Crippen LogP contribution in [-0.2, 0) is 14.4 Å². The Kier molecular flexibility index (Phi) is 5.80. The van der Waals surface area contributed by atoms with Crippen molar-refractivity contribution >= 4 is 35.0 Å². The van der Waals surface area contributed by atoms with E-state index in [0.29, 0.717) is 16.1 Å². The Morgan fingerprint density at radius 2 is 1.64 bits per heavy atom. The highest BCUT2D eigenvalue weighted by molar-refractivity contribution is 6.46. The Hall–Kier alpha value is -3.12. The number of carboxylic acid groups (broad SMARTS) is 1. The number of carbonyl (C=O) groups excluding carboxylic acids is 2. The third-order valence-electron chi connectivity index (χ3n) is 4.56. The highest BCUT2D eigenvalue weighted by Gasteiger charge is 2.45.